The fourth-order valence-corrected chi connectivity index (χ4v) is 2.87. The number of benzene rings is 1. The van der Waals surface area contributed by atoms with Gasteiger partial charge in [-0.15, -0.1) is 0 Å². The maximum absolute atomic E-state index is 5.75. The third-order valence-electron chi connectivity index (χ3n) is 4.08. The lowest BCUT2D eigenvalue weighted by Gasteiger charge is -2.33. The van der Waals surface area contributed by atoms with Crippen molar-refractivity contribution in [1.82, 2.24) is 10.2 Å². The Morgan fingerprint density at radius 3 is 2.96 bits per heavy atom. The second-order valence-corrected chi connectivity index (χ2v) is 6.05. The number of ether oxygens (including phenoxy) is 2. The van der Waals surface area contributed by atoms with Crippen LogP contribution in [0, 0.1) is 5.92 Å². The molecule has 0 bridgehead atoms. The largest absolute Gasteiger partial charge is 0.497 e. The molecule has 0 amide bonds. The van der Waals surface area contributed by atoms with Crippen LogP contribution in [0.4, 0.5) is 0 Å². The van der Waals surface area contributed by atoms with E-state index in [2.05, 4.69) is 22.1 Å². The standard InChI is InChI=1S/C18H29N3O2/c1-15-7-5-11-21(14-15)18(19-2)20-10-6-12-23-17-9-4-8-16(13-17)22-3/h4,8-9,13,15H,5-7,10-12,14H2,1-3H3,(H,19,20). The van der Waals surface area contributed by atoms with Gasteiger partial charge < -0.3 is 19.7 Å². The van der Waals surface area contributed by atoms with Gasteiger partial charge in [0.2, 0.25) is 0 Å². The Bertz CT molecular complexity index is 505. The monoisotopic (exact) mass is 319 g/mol. The van der Waals surface area contributed by atoms with Gasteiger partial charge in [0.25, 0.3) is 0 Å². The number of guanidine groups is 1. The molecule has 0 radical (unpaired) electrons. The number of likely N-dealkylation sites (tertiary alicyclic amines) is 1. The molecule has 0 aromatic heterocycles. The van der Waals surface area contributed by atoms with Gasteiger partial charge in [0.1, 0.15) is 11.5 Å². The molecule has 1 aromatic carbocycles. The highest BCUT2D eigenvalue weighted by atomic mass is 16.5. The Hall–Kier alpha value is -1.91. The second kappa shape index (κ2) is 9.28. The number of methoxy groups -OCH3 is 1. The lowest BCUT2D eigenvalue weighted by atomic mass is 10.0. The van der Waals surface area contributed by atoms with Crippen molar-refractivity contribution in [3.05, 3.63) is 24.3 Å². The van der Waals surface area contributed by atoms with E-state index in [1.807, 2.05) is 31.3 Å². The van der Waals surface area contributed by atoms with E-state index in [-0.39, 0.29) is 0 Å². The molecule has 0 saturated carbocycles. The van der Waals surface area contributed by atoms with Crippen LogP contribution in [0.15, 0.2) is 29.3 Å². The van der Waals surface area contributed by atoms with Crippen LogP contribution in [0.2, 0.25) is 0 Å². The van der Waals surface area contributed by atoms with Crippen LogP contribution in [0.3, 0.4) is 0 Å². The molecular formula is C18H29N3O2. The quantitative estimate of drug-likeness (QED) is 0.497. The molecule has 1 unspecified atom stereocenters. The average Bonchev–Trinajstić information content (AvgIpc) is 2.58. The Morgan fingerprint density at radius 1 is 1.39 bits per heavy atom. The number of nitrogens with one attached hydrogen (secondary N) is 1. The highest BCUT2D eigenvalue weighted by Gasteiger charge is 2.18. The molecule has 0 spiro atoms. The van der Waals surface area contributed by atoms with Crippen molar-refractivity contribution < 1.29 is 9.47 Å². The molecule has 5 nitrogen and oxygen atoms in total. The molecule has 23 heavy (non-hydrogen) atoms. The second-order valence-electron chi connectivity index (χ2n) is 6.05. The van der Waals surface area contributed by atoms with Crippen LogP contribution in [0.5, 0.6) is 11.5 Å². The summed E-state index contributed by atoms with van der Waals surface area (Å²) in [6.45, 7) is 6.04. The molecule has 128 valence electrons. The molecule has 1 atom stereocenters. The van der Waals surface area contributed by atoms with Crippen LogP contribution in [-0.2, 0) is 0 Å². The van der Waals surface area contributed by atoms with Gasteiger partial charge in [-0.3, -0.25) is 4.99 Å². The van der Waals surface area contributed by atoms with E-state index in [0.717, 1.165) is 49.4 Å². The Kier molecular flexibility index (Phi) is 7.04. The molecule has 2 rings (SSSR count). The molecule has 1 heterocycles. The summed E-state index contributed by atoms with van der Waals surface area (Å²) in [5.41, 5.74) is 0. The first-order valence-electron chi connectivity index (χ1n) is 8.45. The summed E-state index contributed by atoms with van der Waals surface area (Å²) in [6, 6.07) is 7.70. The minimum absolute atomic E-state index is 0.674. The third-order valence-corrected chi connectivity index (χ3v) is 4.08. The Morgan fingerprint density at radius 2 is 2.22 bits per heavy atom. The summed E-state index contributed by atoms with van der Waals surface area (Å²) in [7, 11) is 3.52. The van der Waals surface area contributed by atoms with Crippen molar-refractivity contribution in [1.29, 1.82) is 0 Å². The zero-order valence-corrected chi connectivity index (χ0v) is 14.5. The molecule has 0 aliphatic carbocycles. The summed E-state index contributed by atoms with van der Waals surface area (Å²) in [4.78, 5) is 6.76. The van der Waals surface area contributed by atoms with Crippen molar-refractivity contribution in [2.75, 3.05) is 40.4 Å². The zero-order chi connectivity index (χ0) is 16.5. The van der Waals surface area contributed by atoms with Crippen LogP contribution in [-0.4, -0.2) is 51.3 Å². The van der Waals surface area contributed by atoms with Gasteiger partial charge in [-0.05, 0) is 37.3 Å². The smallest absolute Gasteiger partial charge is 0.193 e. The molecular weight excluding hydrogens is 290 g/mol. The predicted octanol–water partition coefficient (Wildman–Crippen LogP) is 2.77. The lowest BCUT2D eigenvalue weighted by molar-refractivity contribution is 0.264. The average molecular weight is 319 g/mol. The Labute approximate surface area is 139 Å². The zero-order valence-electron chi connectivity index (χ0n) is 14.5. The molecule has 1 saturated heterocycles. The number of hydrogen-bond acceptors (Lipinski definition) is 3. The topological polar surface area (TPSA) is 46.1 Å². The minimum atomic E-state index is 0.674. The summed E-state index contributed by atoms with van der Waals surface area (Å²) in [5.74, 6) is 3.43. The molecule has 1 fully saturated rings. The van der Waals surface area contributed by atoms with E-state index in [4.69, 9.17) is 9.47 Å². The third kappa shape index (κ3) is 5.66. The number of hydrogen-bond donors (Lipinski definition) is 1. The van der Waals surface area contributed by atoms with E-state index in [0.29, 0.717) is 6.61 Å². The Balaban J connectivity index is 1.67. The van der Waals surface area contributed by atoms with E-state index in [9.17, 15) is 0 Å². The first-order valence-corrected chi connectivity index (χ1v) is 8.45. The molecule has 1 aliphatic heterocycles. The predicted molar refractivity (Wildman–Crippen MR) is 94.4 cm³/mol. The minimum Gasteiger partial charge on any atom is -0.497 e. The summed E-state index contributed by atoms with van der Waals surface area (Å²) in [5, 5.41) is 3.44. The first-order chi connectivity index (χ1) is 11.2. The van der Waals surface area contributed by atoms with E-state index in [1.165, 1.54) is 12.8 Å². The van der Waals surface area contributed by atoms with E-state index in [1.54, 1.807) is 7.11 Å². The van der Waals surface area contributed by atoms with Crippen molar-refractivity contribution in [2.45, 2.75) is 26.2 Å². The van der Waals surface area contributed by atoms with Gasteiger partial charge in [-0.25, -0.2) is 0 Å². The van der Waals surface area contributed by atoms with Gasteiger partial charge in [0, 0.05) is 32.7 Å². The summed E-state index contributed by atoms with van der Waals surface area (Å²) < 4.78 is 10.9. The highest BCUT2D eigenvalue weighted by Crippen LogP contribution is 2.19. The molecule has 1 aromatic rings. The van der Waals surface area contributed by atoms with E-state index < -0.39 is 0 Å². The van der Waals surface area contributed by atoms with Crippen LogP contribution in [0.25, 0.3) is 0 Å². The highest BCUT2D eigenvalue weighted by molar-refractivity contribution is 5.79. The van der Waals surface area contributed by atoms with Crippen LogP contribution >= 0.6 is 0 Å². The maximum atomic E-state index is 5.75. The van der Waals surface area contributed by atoms with Crippen LogP contribution in [0.1, 0.15) is 26.2 Å². The number of nitrogens with zero attached hydrogens (tertiary/aromatic N) is 2. The summed E-state index contributed by atoms with van der Waals surface area (Å²) in [6.07, 6.45) is 3.50. The molecule has 1 N–H and O–H groups in total. The first kappa shape index (κ1) is 17.4. The van der Waals surface area contributed by atoms with Crippen LogP contribution < -0.4 is 14.8 Å². The van der Waals surface area contributed by atoms with Crippen molar-refractivity contribution in [2.24, 2.45) is 10.9 Å². The molecule has 1 aliphatic rings. The van der Waals surface area contributed by atoms with Gasteiger partial charge >= 0.3 is 0 Å². The lowest BCUT2D eigenvalue weighted by Crippen LogP contribution is -2.46. The van der Waals surface area contributed by atoms with Gasteiger partial charge in [0.05, 0.1) is 13.7 Å². The van der Waals surface area contributed by atoms with Gasteiger partial charge in [0.15, 0.2) is 5.96 Å². The van der Waals surface area contributed by atoms with Crippen molar-refractivity contribution in [3.8, 4) is 11.5 Å². The van der Waals surface area contributed by atoms with Gasteiger partial charge in [-0.2, -0.15) is 0 Å². The fraction of sp³-hybridized carbons (Fsp3) is 0.611. The SMILES string of the molecule is CN=C(NCCCOc1cccc(OC)c1)N1CCCC(C)C1. The van der Waals surface area contributed by atoms with Crippen molar-refractivity contribution in [3.63, 3.8) is 0 Å². The van der Waals surface area contributed by atoms with E-state index >= 15 is 0 Å². The number of aliphatic imine (C=N–C) groups is 1. The molecule has 5 heteroatoms. The van der Waals surface area contributed by atoms with Gasteiger partial charge in [-0.1, -0.05) is 13.0 Å². The fourth-order valence-electron chi connectivity index (χ4n) is 2.87. The summed E-state index contributed by atoms with van der Waals surface area (Å²) >= 11 is 0. The maximum Gasteiger partial charge on any atom is 0.193 e. The normalized spacial score (nSPS) is 18.7. The number of rotatable bonds is 6. The van der Waals surface area contributed by atoms with Crippen molar-refractivity contribution >= 4 is 5.96 Å². The number of piperidine rings is 1.